The van der Waals surface area contributed by atoms with Crippen molar-refractivity contribution in [3.05, 3.63) is 24.3 Å². The predicted octanol–water partition coefficient (Wildman–Crippen LogP) is 1.30. The lowest BCUT2D eigenvalue weighted by molar-refractivity contribution is -0.122. The van der Waals surface area contributed by atoms with Crippen LogP contribution < -0.4 is 21.1 Å². The normalized spacial score (nSPS) is 11.0. The molecule has 0 aliphatic carbocycles. The van der Waals surface area contributed by atoms with Gasteiger partial charge in [0.25, 0.3) is 5.91 Å². The first-order valence-corrected chi connectivity index (χ1v) is 6.56. The van der Waals surface area contributed by atoms with Crippen LogP contribution >= 0.6 is 12.4 Å². The Morgan fingerprint density at radius 1 is 1.29 bits per heavy atom. The number of benzene rings is 1. The average Bonchev–Trinajstić information content (AvgIpc) is 2.46. The molecule has 6 nitrogen and oxygen atoms in total. The van der Waals surface area contributed by atoms with Crippen molar-refractivity contribution in [1.82, 2.24) is 5.32 Å². The monoisotopic (exact) mass is 315 g/mol. The summed E-state index contributed by atoms with van der Waals surface area (Å²) in [7, 11) is 1.55. The van der Waals surface area contributed by atoms with Crippen LogP contribution in [0.25, 0.3) is 0 Å². The third kappa shape index (κ3) is 6.97. The van der Waals surface area contributed by atoms with E-state index in [4.69, 9.17) is 10.5 Å². The summed E-state index contributed by atoms with van der Waals surface area (Å²) in [6.07, 6.45) is 1.51. The number of halogens is 1. The lowest BCUT2D eigenvalue weighted by Crippen LogP contribution is -2.35. The van der Waals surface area contributed by atoms with Crippen LogP contribution in [0.15, 0.2) is 24.3 Å². The molecule has 1 rings (SSSR count). The molecule has 1 aromatic carbocycles. The number of hydrogen-bond donors (Lipinski definition) is 3. The molecule has 21 heavy (non-hydrogen) atoms. The van der Waals surface area contributed by atoms with Crippen LogP contribution in [0, 0.1) is 0 Å². The summed E-state index contributed by atoms with van der Waals surface area (Å²) in [6, 6.07) is 6.28. The quantitative estimate of drug-likeness (QED) is 0.707. The highest BCUT2D eigenvalue weighted by atomic mass is 35.5. The van der Waals surface area contributed by atoms with Gasteiger partial charge in [-0.15, -0.1) is 12.4 Å². The first-order chi connectivity index (χ1) is 9.56. The summed E-state index contributed by atoms with van der Waals surface area (Å²) in [5.74, 6) is 0.156. The summed E-state index contributed by atoms with van der Waals surface area (Å²) >= 11 is 0. The van der Waals surface area contributed by atoms with E-state index in [2.05, 4.69) is 10.6 Å². The van der Waals surface area contributed by atoms with Crippen LogP contribution in [0.1, 0.15) is 19.8 Å². The number of hydrogen-bond acceptors (Lipinski definition) is 4. The number of amides is 2. The topological polar surface area (TPSA) is 93.5 Å². The molecule has 0 aliphatic heterocycles. The van der Waals surface area contributed by atoms with Crippen molar-refractivity contribution in [2.45, 2.75) is 25.8 Å². The molecule has 118 valence electrons. The van der Waals surface area contributed by atoms with Crippen molar-refractivity contribution in [3.8, 4) is 5.75 Å². The SMILES string of the molecule is CCCC(N)C(=O)Nc1ccc(OCC(=O)NC)cc1.Cl. The zero-order valence-electron chi connectivity index (χ0n) is 12.2. The Labute approximate surface area is 130 Å². The maximum absolute atomic E-state index is 11.7. The summed E-state index contributed by atoms with van der Waals surface area (Å²) in [6.45, 7) is 1.94. The number of rotatable bonds is 7. The number of carbonyl (C=O) groups excluding carboxylic acids is 2. The van der Waals surface area contributed by atoms with Crippen molar-refractivity contribution in [1.29, 1.82) is 0 Å². The Morgan fingerprint density at radius 3 is 2.43 bits per heavy atom. The maximum atomic E-state index is 11.7. The Bertz CT molecular complexity index is 451. The van der Waals surface area contributed by atoms with E-state index in [0.717, 1.165) is 6.42 Å². The number of carbonyl (C=O) groups is 2. The van der Waals surface area contributed by atoms with Gasteiger partial charge in [-0.3, -0.25) is 9.59 Å². The van der Waals surface area contributed by atoms with Gasteiger partial charge in [0, 0.05) is 12.7 Å². The molecule has 0 radical (unpaired) electrons. The average molecular weight is 316 g/mol. The van der Waals surface area contributed by atoms with E-state index in [-0.39, 0.29) is 30.8 Å². The third-order valence-electron chi connectivity index (χ3n) is 2.71. The van der Waals surface area contributed by atoms with E-state index < -0.39 is 6.04 Å². The van der Waals surface area contributed by atoms with Crippen molar-refractivity contribution < 1.29 is 14.3 Å². The summed E-state index contributed by atoms with van der Waals surface area (Å²) in [5.41, 5.74) is 6.37. The van der Waals surface area contributed by atoms with Gasteiger partial charge in [0.15, 0.2) is 6.61 Å². The molecule has 0 aliphatic rings. The number of likely N-dealkylation sites (N-methyl/N-ethyl adjacent to an activating group) is 1. The second-order valence-electron chi connectivity index (χ2n) is 4.37. The standard InChI is InChI=1S/C14H21N3O3.ClH/c1-3-4-12(15)14(19)17-10-5-7-11(8-6-10)20-9-13(18)16-2;/h5-8,12H,3-4,9,15H2,1-2H3,(H,16,18)(H,17,19);1H. The molecule has 0 fully saturated rings. The van der Waals surface area contributed by atoms with E-state index in [0.29, 0.717) is 17.9 Å². The highest BCUT2D eigenvalue weighted by Gasteiger charge is 2.12. The lowest BCUT2D eigenvalue weighted by atomic mass is 10.1. The Balaban J connectivity index is 0.00000400. The molecule has 1 unspecified atom stereocenters. The van der Waals surface area contributed by atoms with Gasteiger partial charge in [-0.2, -0.15) is 0 Å². The molecule has 7 heteroatoms. The van der Waals surface area contributed by atoms with Gasteiger partial charge in [0.2, 0.25) is 5.91 Å². The van der Waals surface area contributed by atoms with E-state index in [1.54, 1.807) is 31.3 Å². The molecule has 0 saturated heterocycles. The number of nitrogens with one attached hydrogen (secondary N) is 2. The van der Waals surface area contributed by atoms with E-state index in [9.17, 15) is 9.59 Å². The van der Waals surface area contributed by atoms with Gasteiger partial charge in [-0.05, 0) is 30.7 Å². The first kappa shape index (κ1) is 19.2. The van der Waals surface area contributed by atoms with Gasteiger partial charge < -0.3 is 21.1 Å². The van der Waals surface area contributed by atoms with E-state index >= 15 is 0 Å². The molecule has 0 bridgehead atoms. The van der Waals surface area contributed by atoms with Gasteiger partial charge in [-0.1, -0.05) is 13.3 Å². The molecule has 0 aromatic heterocycles. The fourth-order valence-corrected chi connectivity index (χ4v) is 1.53. The molecule has 0 saturated carbocycles. The van der Waals surface area contributed by atoms with Crippen molar-refractivity contribution >= 4 is 29.9 Å². The molecule has 0 heterocycles. The minimum Gasteiger partial charge on any atom is -0.484 e. The Morgan fingerprint density at radius 2 is 1.90 bits per heavy atom. The zero-order valence-corrected chi connectivity index (χ0v) is 13.0. The minimum absolute atomic E-state index is 0. The Hall–Kier alpha value is -1.79. The highest BCUT2D eigenvalue weighted by molar-refractivity contribution is 5.94. The fraction of sp³-hybridized carbons (Fsp3) is 0.429. The molecule has 1 aromatic rings. The first-order valence-electron chi connectivity index (χ1n) is 6.56. The number of nitrogens with two attached hydrogens (primary N) is 1. The minimum atomic E-state index is -0.496. The second-order valence-corrected chi connectivity index (χ2v) is 4.37. The molecular formula is C14H22ClN3O3. The largest absolute Gasteiger partial charge is 0.484 e. The number of anilines is 1. The van der Waals surface area contributed by atoms with Crippen molar-refractivity contribution in [2.75, 3.05) is 19.0 Å². The van der Waals surface area contributed by atoms with Crippen LogP contribution in [0.3, 0.4) is 0 Å². The van der Waals surface area contributed by atoms with E-state index in [1.165, 1.54) is 0 Å². The van der Waals surface area contributed by atoms with Gasteiger partial charge >= 0.3 is 0 Å². The lowest BCUT2D eigenvalue weighted by Gasteiger charge is -2.11. The van der Waals surface area contributed by atoms with Crippen LogP contribution in [-0.4, -0.2) is 31.5 Å². The third-order valence-corrected chi connectivity index (χ3v) is 2.71. The van der Waals surface area contributed by atoms with Crippen LogP contribution in [-0.2, 0) is 9.59 Å². The smallest absolute Gasteiger partial charge is 0.257 e. The van der Waals surface area contributed by atoms with Crippen LogP contribution in [0.4, 0.5) is 5.69 Å². The number of ether oxygens (including phenoxy) is 1. The summed E-state index contributed by atoms with van der Waals surface area (Å²) in [5, 5.41) is 5.19. The molecule has 4 N–H and O–H groups in total. The van der Waals surface area contributed by atoms with Crippen LogP contribution in [0.5, 0.6) is 5.75 Å². The van der Waals surface area contributed by atoms with Gasteiger partial charge in [-0.25, -0.2) is 0 Å². The second kappa shape index (κ2) is 10.0. The maximum Gasteiger partial charge on any atom is 0.257 e. The summed E-state index contributed by atoms with van der Waals surface area (Å²) < 4.78 is 5.26. The van der Waals surface area contributed by atoms with Crippen LogP contribution in [0.2, 0.25) is 0 Å². The molecule has 2 amide bonds. The summed E-state index contributed by atoms with van der Waals surface area (Å²) in [4.78, 5) is 22.7. The Kier molecular flexibility index (Phi) is 9.16. The predicted molar refractivity (Wildman–Crippen MR) is 84.8 cm³/mol. The van der Waals surface area contributed by atoms with Crippen molar-refractivity contribution in [2.24, 2.45) is 5.73 Å². The molecular weight excluding hydrogens is 294 g/mol. The molecule has 0 spiro atoms. The fourth-order valence-electron chi connectivity index (χ4n) is 1.53. The van der Waals surface area contributed by atoms with E-state index in [1.807, 2.05) is 6.92 Å². The zero-order chi connectivity index (χ0) is 15.0. The van der Waals surface area contributed by atoms with Gasteiger partial charge in [0.05, 0.1) is 6.04 Å². The highest BCUT2D eigenvalue weighted by Crippen LogP contribution is 2.15. The van der Waals surface area contributed by atoms with Gasteiger partial charge in [0.1, 0.15) is 5.75 Å². The van der Waals surface area contributed by atoms with Crippen molar-refractivity contribution in [3.63, 3.8) is 0 Å². The molecule has 1 atom stereocenters.